The Kier molecular flexibility index (Phi) is 2.89. The SMILES string of the molecule is Cc1cccc2c1ccn2CCN1CCCC1. The van der Waals surface area contributed by atoms with Crippen LogP contribution in [-0.2, 0) is 6.54 Å². The third-order valence-electron chi connectivity index (χ3n) is 3.89. The van der Waals surface area contributed by atoms with Crippen molar-refractivity contribution in [3.63, 3.8) is 0 Å². The number of hydrogen-bond acceptors (Lipinski definition) is 1. The molecule has 1 aliphatic rings. The van der Waals surface area contributed by atoms with E-state index in [4.69, 9.17) is 0 Å². The molecular weight excluding hydrogens is 208 g/mol. The van der Waals surface area contributed by atoms with E-state index in [9.17, 15) is 0 Å². The fourth-order valence-electron chi connectivity index (χ4n) is 2.83. The van der Waals surface area contributed by atoms with Crippen LogP contribution in [0.25, 0.3) is 10.9 Å². The van der Waals surface area contributed by atoms with Crippen molar-refractivity contribution in [3.8, 4) is 0 Å². The van der Waals surface area contributed by atoms with E-state index < -0.39 is 0 Å². The Morgan fingerprint density at radius 2 is 1.88 bits per heavy atom. The maximum atomic E-state index is 2.57. The number of benzene rings is 1. The maximum absolute atomic E-state index is 2.57. The number of aryl methyl sites for hydroxylation is 1. The van der Waals surface area contributed by atoms with Gasteiger partial charge in [0.05, 0.1) is 0 Å². The summed E-state index contributed by atoms with van der Waals surface area (Å²) >= 11 is 0. The molecular formula is C15H20N2. The minimum Gasteiger partial charge on any atom is -0.346 e. The van der Waals surface area contributed by atoms with Crippen LogP contribution in [0.2, 0.25) is 0 Å². The fraction of sp³-hybridized carbons (Fsp3) is 0.467. The molecule has 0 bridgehead atoms. The lowest BCUT2D eigenvalue weighted by atomic mass is 10.1. The summed E-state index contributed by atoms with van der Waals surface area (Å²) in [4.78, 5) is 2.57. The molecule has 0 atom stereocenters. The molecule has 2 aromatic rings. The average molecular weight is 228 g/mol. The molecule has 2 heteroatoms. The molecule has 0 saturated carbocycles. The number of fused-ring (bicyclic) bond motifs is 1. The van der Waals surface area contributed by atoms with Crippen molar-refractivity contribution in [3.05, 3.63) is 36.0 Å². The molecule has 3 rings (SSSR count). The van der Waals surface area contributed by atoms with E-state index in [1.54, 1.807) is 0 Å². The second-order valence-corrected chi connectivity index (χ2v) is 5.07. The Morgan fingerprint density at radius 1 is 1.06 bits per heavy atom. The van der Waals surface area contributed by atoms with Crippen molar-refractivity contribution >= 4 is 10.9 Å². The van der Waals surface area contributed by atoms with Crippen LogP contribution in [0.3, 0.4) is 0 Å². The second-order valence-electron chi connectivity index (χ2n) is 5.07. The van der Waals surface area contributed by atoms with Gasteiger partial charge in [0, 0.05) is 30.2 Å². The van der Waals surface area contributed by atoms with Crippen LogP contribution < -0.4 is 0 Å². The van der Waals surface area contributed by atoms with Gasteiger partial charge >= 0.3 is 0 Å². The van der Waals surface area contributed by atoms with Crippen LogP contribution in [0.1, 0.15) is 18.4 Å². The van der Waals surface area contributed by atoms with E-state index >= 15 is 0 Å². The minimum absolute atomic E-state index is 1.12. The zero-order chi connectivity index (χ0) is 11.7. The third-order valence-corrected chi connectivity index (χ3v) is 3.89. The van der Waals surface area contributed by atoms with Gasteiger partial charge in [-0.1, -0.05) is 12.1 Å². The smallest absolute Gasteiger partial charge is 0.0483 e. The second kappa shape index (κ2) is 4.53. The number of aromatic nitrogens is 1. The van der Waals surface area contributed by atoms with E-state index in [1.807, 2.05) is 0 Å². The van der Waals surface area contributed by atoms with Crippen molar-refractivity contribution in [2.24, 2.45) is 0 Å². The topological polar surface area (TPSA) is 8.17 Å². The van der Waals surface area contributed by atoms with Gasteiger partial charge in [0.15, 0.2) is 0 Å². The molecule has 17 heavy (non-hydrogen) atoms. The first-order valence-corrected chi connectivity index (χ1v) is 6.61. The first kappa shape index (κ1) is 10.8. The first-order valence-electron chi connectivity index (χ1n) is 6.61. The zero-order valence-electron chi connectivity index (χ0n) is 10.5. The monoisotopic (exact) mass is 228 g/mol. The van der Waals surface area contributed by atoms with Gasteiger partial charge < -0.3 is 9.47 Å². The lowest BCUT2D eigenvalue weighted by molar-refractivity contribution is 0.324. The molecule has 0 unspecified atom stereocenters. The minimum atomic E-state index is 1.12. The summed E-state index contributed by atoms with van der Waals surface area (Å²) in [5.41, 5.74) is 2.76. The summed E-state index contributed by atoms with van der Waals surface area (Å²) in [7, 11) is 0. The molecule has 1 aromatic heterocycles. The molecule has 1 fully saturated rings. The number of hydrogen-bond donors (Lipinski definition) is 0. The van der Waals surface area contributed by atoms with Crippen LogP contribution in [0.5, 0.6) is 0 Å². The molecule has 0 aliphatic carbocycles. The molecule has 2 heterocycles. The zero-order valence-corrected chi connectivity index (χ0v) is 10.5. The van der Waals surface area contributed by atoms with Gasteiger partial charge in [-0.05, 0) is 50.6 Å². The van der Waals surface area contributed by atoms with Gasteiger partial charge in [-0.15, -0.1) is 0 Å². The summed E-state index contributed by atoms with van der Waals surface area (Å²) in [5, 5.41) is 1.40. The van der Waals surface area contributed by atoms with Crippen LogP contribution in [0.15, 0.2) is 30.5 Å². The Hall–Kier alpha value is -1.28. The predicted octanol–water partition coefficient (Wildman–Crippen LogP) is 3.05. The first-order chi connectivity index (χ1) is 8.34. The highest BCUT2D eigenvalue weighted by atomic mass is 15.2. The van der Waals surface area contributed by atoms with Crippen molar-refractivity contribution in [2.75, 3.05) is 19.6 Å². The fourth-order valence-corrected chi connectivity index (χ4v) is 2.83. The van der Waals surface area contributed by atoms with Gasteiger partial charge in [0.25, 0.3) is 0 Å². The largest absolute Gasteiger partial charge is 0.346 e. The van der Waals surface area contributed by atoms with Crippen molar-refractivity contribution in [1.29, 1.82) is 0 Å². The summed E-state index contributed by atoms with van der Waals surface area (Å²) in [6.07, 6.45) is 4.99. The molecule has 1 aliphatic heterocycles. The standard InChI is InChI=1S/C15H20N2/c1-13-5-4-6-15-14(13)7-10-17(15)12-11-16-8-2-3-9-16/h4-7,10H,2-3,8-9,11-12H2,1H3. The van der Waals surface area contributed by atoms with Gasteiger partial charge in [0.2, 0.25) is 0 Å². The lowest BCUT2D eigenvalue weighted by Crippen LogP contribution is -2.23. The normalized spacial score (nSPS) is 17.0. The molecule has 0 radical (unpaired) electrons. The summed E-state index contributed by atoms with van der Waals surface area (Å²) in [6, 6.07) is 8.82. The van der Waals surface area contributed by atoms with E-state index in [0.29, 0.717) is 0 Å². The van der Waals surface area contributed by atoms with E-state index in [-0.39, 0.29) is 0 Å². The summed E-state index contributed by atoms with van der Waals surface area (Å²) < 4.78 is 2.39. The lowest BCUT2D eigenvalue weighted by Gasteiger charge is -2.15. The van der Waals surface area contributed by atoms with Crippen LogP contribution in [-0.4, -0.2) is 29.1 Å². The average Bonchev–Trinajstić information content (AvgIpc) is 2.95. The van der Waals surface area contributed by atoms with Gasteiger partial charge in [-0.2, -0.15) is 0 Å². The summed E-state index contributed by atoms with van der Waals surface area (Å²) in [5.74, 6) is 0. The molecule has 90 valence electrons. The maximum Gasteiger partial charge on any atom is 0.0483 e. The number of nitrogens with zero attached hydrogens (tertiary/aromatic N) is 2. The Bertz CT molecular complexity index is 507. The third kappa shape index (κ3) is 2.09. The molecule has 0 amide bonds. The Balaban J connectivity index is 1.78. The van der Waals surface area contributed by atoms with Crippen molar-refractivity contribution in [2.45, 2.75) is 26.3 Å². The van der Waals surface area contributed by atoms with Gasteiger partial charge in [-0.25, -0.2) is 0 Å². The van der Waals surface area contributed by atoms with Crippen LogP contribution in [0.4, 0.5) is 0 Å². The number of likely N-dealkylation sites (tertiary alicyclic amines) is 1. The van der Waals surface area contributed by atoms with Crippen molar-refractivity contribution in [1.82, 2.24) is 9.47 Å². The molecule has 0 N–H and O–H groups in total. The molecule has 0 spiro atoms. The highest BCUT2D eigenvalue weighted by Crippen LogP contribution is 2.19. The van der Waals surface area contributed by atoms with E-state index in [2.05, 4.69) is 46.9 Å². The van der Waals surface area contributed by atoms with E-state index in [0.717, 1.165) is 6.54 Å². The highest BCUT2D eigenvalue weighted by molar-refractivity contribution is 5.83. The molecule has 2 nitrogen and oxygen atoms in total. The highest BCUT2D eigenvalue weighted by Gasteiger charge is 2.11. The molecule has 1 aromatic carbocycles. The van der Waals surface area contributed by atoms with Crippen LogP contribution in [0, 0.1) is 6.92 Å². The van der Waals surface area contributed by atoms with Crippen molar-refractivity contribution < 1.29 is 0 Å². The quantitative estimate of drug-likeness (QED) is 0.784. The Labute approximate surface area is 103 Å². The summed E-state index contributed by atoms with van der Waals surface area (Å²) in [6.45, 7) is 7.08. The van der Waals surface area contributed by atoms with Gasteiger partial charge in [-0.3, -0.25) is 0 Å². The Morgan fingerprint density at radius 3 is 2.71 bits per heavy atom. The predicted molar refractivity (Wildman–Crippen MR) is 72.3 cm³/mol. The van der Waals surface area contributed by atoms with Crippen LogP contribution >= 0.6 is 0 Å². The van der Waals surface area contributed by atoms with E-state index in [1.165, 1.54) is 48.9 Å². The van der Waals surface area contributed by atoms with Gasteiger partial charge in [0.1, 0.15) is 0 Å². The molecule has 1 saturated heterocycles. The number of rotatable bonds is 3.